The van der Waals surface area contributed by atoms with Crippen LogP contribution in [0.15, 0.2) is 35.7 Å². The van der Waals surface area contributed by atoms with Crippen molar-refractivity contribution in [3.05, 3.63) is 51.2 Å². The Balaban J connectivity index is 2.31. The number of aromatic carboxylic acids is 1. The molecule has 18 heavy (non-hydrogen) atoms. The van der Waals surface area contributed by atoms with Crippen LogP contribution >= 0.6 is 22.9 Å². The molecule has 0 saturated heterocycles. The normalized spacial score (nSPS) is 10.1. The van der Waals surface area contributed by atoms with Gasteiger partial charge in [0.05, 0.1) is 16.1 Å². The highest BCUT2D eigenvalue weighted by Gasteiger charge is 2.14. The molecule has 92 valence electrons. The number of carboxylic acid groups (broad SMARTS) is 1. The first-order valence-corrected chi connectivity index (χ1v) is 6.21. The van der Waals surface area contributed by atoms with Gasteiger partial charge < -0.3 is 10.4 Å². The molecule has 1 amide bonds. The summed E-state index contributed by atoms with van der Waals surface area (Å²) in [4.78, 5) is 23.3. The largest absolute Gasteiger partial charge is 0.478 e. The summed E-state index contributed by atoms with van der Waals surface area (Å²) in [5.41, 5.74) is 0.192. The Kier molecular flexibility index (Phi) is 3.64. The van der Waals surface area contributed by atoms with Gasteiger partial charge >= 0.3 is 5.97 Å². The second-order valence-electron chi connectivity index (χ2n) is 3.43. The van der Waals surface area contributed by atoms with Crippen molar-refractivity contribution in [3.63, 3.8) is 0 Å². The molecule has 4 nitrogen and oxygen atoms in total. The number of carbonyl (C=O) groups excluding carboxylic acids is 1. The highest BCUT2D eigenvalue weighted by Crippen LogP contribution is 2.22. The average molecular weight is 282 g/mol. The molecule has 0 aliphatic rings. The zero-order valence-electron chi connectivity index (χ0n) is 9.01. The maximum absolute atomic E-state index is 11.8. The van der Waals surface area contributed by atoms with Crippen LogP contribution in [-0.2, 0) is 0 Å². The number of nitrogens with one attached hydrogen (secondary N) is 1. The number of amides is 1. The molecule has 0 aliphatic heterocycles. The number of hydrogen-bond donors (Lipinski definition) is 2. The summed E-state index contributed by atoms with van der Waals surface area (Å²) in [6.45, 7) is 0. The van der Waals surface area contributed by atoms with E-state index in [2.05, 4.69) is 5.32 Å². The lowest BCUT2D eigenvalue weighted by atomic mass is 10.2. The first kappa shape index (κ1) is 12.6. The summed E-state index contributed by atoms with van der Waals surface area (Å²) in [5, 5.41) is 13.7. The van der Waals surface area contributed by atoms with Crippen LogP contribution in [0.25, 0.3) is 0 Å². The van der Waals surface area contributed by atoms with Gasteiger partial charge in [-0.05, 0) is 29.6 Å². The first-order valence-electron chi connectivity index (χ1n) is 4.95. The van der Waals surface area contributed by atoms with Crippen molar-refractivity contribution in [2.45, 2.75) is 0 Å². The van der Waals surface area contributed by atoms with Crippen LogP contribution in [0.5, 0.6) is 0 Å². The zero-order chi connectivity index (χ0) is 13.1. The minimum absolute atomic E-state index is 0.00399. The standard InChI is InChI=1S/C12H8ClNO3S/c13-7-3-4-8(12(16)17)9(6-7)14-11(15)10-2-1-5-18-10/h1-6H,(H,14,15)(H,16,17). The molecule has 2 rings (SSSR count). The van der Waals surface area contributed by atoms with Gasteiger partial charge in [0.1, 0.15) is 0 Å². The monoisotopic (exact) mass is 281 g/mol. The van der Waals surface area contributed by atoms with E-state index in [0.717, 1.165) is 0 Å². The smallest absolute Gasteiger partial charge is 0.337 e. The van der Waals surface area contributed by atoms with E-state index in [0.29, 0.717) is 9.90 Å². The molecular formula is C12H8ClNO3S. The van der Waals surface area contributed by atoms with E-state index in [1.54, 1.807) is 17.5 Å². The van der Waals surface area contributed by atoms with Gasteiger partial charge in [0.15, 0.2) is 0 Å². The van der Waals surface area contributed by atoms with Gasteiger partial charge in [-0.15, -0.1) is 11.3 Å². The van der Waals surface area contributed by atoms with Crippen LogP contribution in [-0.4, -0.2) is 17.0 Å². The second-order valence-corrected chi connectivity index (χ2v) is 4.81. The number of hydrogen-bond acceptors (Lipinski definition) is 3. The lowest BCUT2D eigenvalue weighted by Gasteiger charge is -2.07. The third kappa shape index (κ3) is 2.69. The van der Waals surface area contributed by atoms with Crippen LogP contribution < -0.4 is 5.32 Å². The Morgan fingerprint density at radius 3 is 2.67 bits per heavy atom. The van der Waals surface area contributed by atoms with Gasteiger partial charge in [0.2, 0.25) is 0 Å². The van der Waals surface area contributed by atoms with Gasteiger partial charge in [-0.2, -0.15) is 0 Å². The van der Waals surface area contributed by atoms with Gasteiger partial charge in [0.25, 0.3) is 5.91 Å². The van der Waals surface area contributed by atoms with Crippen LogP contribution in [0, 0.1) is 0 Å². The highest BCUT2D eigenvalue weighted by molar-refractivity contribution is 7.12. The maximum atomic E-state index is 11.8. The summed E-state index contributed by atoms with van der Waals surface area (Å²) in [5.74, 6) is -1.47. The molecule has 0 fully saturated rings. The molecule has 0 bridgehead atoms. The molecule has 0 saturated carbocycles. The van der Waals surface area contributed by atoms with E-state index in [1.807, 2.05) is 0 Å². The van der Waals surface area contributed by atoms with Crippen molar-refractivity contribution >= 4 is 40.5 Å². The Hall–Kier alpha value is -1.85. The molecule has 1 aromatic heterocycles. The average Bonchev–Trinajstić information content (AvgIpc) is 2.81. The predicted octanol–water partition coefficient (Wildman–Crippen LogP) is 3.35. The van der Waals surface area contributed by atoms with Crippen molar-refractivity contribution < 1.29 is 14.7 Å². The molecular weight excluding hydrogens is 274 g/mol. The molecule has 0 aliphatic carbocycles. The molecule has 0 atom stereocenters. The van der Waals surface area contributed by atoms with Crippen LogP contribution in [0.1, 0.15) is 20.0 Å². The fourth-order valence-corrected chi connectivity index (χ4v) is 2.19. The summed E-state index contributed by atoms with van der Waals surface area (Å²) in [6.07, 6.45) is 0. The molecule has 0 unspecified atom stereocenters. The van der Waals surface area contributed by atoms with Gasteiger partial charge in [-0.25, -0.2) is 4.79 Å². The van der Waals surface area contributed by atoms with E-state index in [4.69, 9.17) is 16.7 Å². The summed E-state index contributed by atoms with van der Waals surface area (Å²) >= 11 is 7.06. The van der Waals surface area contributed by atoms with Crippen molar-refractivity contribution in [1.82, 2.24) is 0 Å². The molecule has 0 radical (unpaired) electrons. The topological polar surface area (TPSA) is 66.4 Å². The number of halogens is 1. The minimum atomic E-state index is -1.12. The number of benzene rings is 1. The number of anilines is 1. The molecule has 1 aromatic carbocycles. The Labute approximate surface area is 112 Å². The number of rotatable bonds is 3. The quantitative estimate of drug-likeness (QED) is 0.906. The zero-order valence-corrected chi connectivity index (χ0v) is 10.6. The molecule has 1 heterocycles. The first-order chi connectivity index (χ1) is 8.58. The third-order valence-electron chi connectivity index (χ3n) is 2.21. The fourth-order valence-electron chi connectivity index (χ4n) is 1.40. The van der Waals surface area contributed by atoms with Crippen LogP contribution in [0.3, 0.4) is 0 Å². The van der Waals surface area contributed by atoms with E-state index in [1.165, 1.54) is 29.5 Å². The summed E-state index contributed by atoms with van der Waals surface area (Å²) < 4.78 is 0. The van der Waals surface area contributed by atoms with E-state index < -0.39 is 5.97 Å². The minimum Gasteiger partial charge on any atom is -0.478 e. The fraction of sp³-hybridized carbons (Fsp3) is 0. The Bertz CT molecular complexity index is 595. The second kappa shape index (κ2) is 5.20. The Morgan fingerprint density at radius 1 is 1.28 bits per heavy atom. The third-order valence-corrected chi connectivity index (χ3v) is 3.31. The SMILES string of the molecule is O=C(Nc1cc(Cl)ccc1C(=O)O)c1cccs1. The lowest BCUT2D eigenvalue weighted by molar-refractivity contribution is 0.0698. The number of carboxylic acids is 1. The summed E-state index contributed by atoms with van der Waals surface area (Å²) in [6, 6.07) is 7.64. The van der Waals surface area contributed by atoms with Crippen molar-refractivity contribution in [3.8, 4) is 0 Å². The highest BCUT2D eigenvalue weighted by atomic mass is 35.5. The van der Waals surface area contributed by atoms with Gasteiger partial charge in [-0.1, -0.05) is 17.7 Å². The van der Waals surface area contributed by atoms with Gasteiger partial charge in [-0.3, -0.25) is 4.79 Å². The van der Waals surface area contributed by atoms with E-state index in [-0.39, 0.29) is 17.2 Å². The molecule has 2 N–H and O–H groups in total. The van der Waals surface area contributed by atoms with Gasteiger partial charge in [0, 0.05) is 5.02 Å². The lowest BCUT2D eigenvalue weighted by Crippen LogP contribution is -2.13. The van der Waals surface area contributed by atoms with Crippen LogP contribution in [0.4, 0.5) is 5.69 Å². The maximum Gasteiger partial charge on any atom is 0.337 e. The predicted molar refractivity (Wildman–Crippen MR) is 70.7 cm³/mol. The number of thiophene rings is 1. The van der Waals surface area contributed by atoms with E-state index in [9.17, 15) is 9.59 Å². The van der Waals surface area contributed by atoms with Crippen LogP contribution in [0.2, 0.25) is 5.02 Å². The molecule has 2 aromatic rings. The van der Waals surface area contributed by atoms with Crippen molar-refractivity contribution in [2.24, 2.45) is 0 Å². The van der Waals surface area contributed by atoms with E-state index >= 15 is 0 Å². The number of carbonyl (C=O) groups is 2. The van der Waals surface area contributed by atoms with Crippen molar-refractivity contribution in [2.75, 3.05) is 5.32 Å². The van der Waals surface area contributed by atoms with Crippen molar-refractivity contribution in [1.29, 1.82) is 0 Å². The summed E-state index contributed by atoms with van der Waals surface area (Å²) in [7, 11) is 0. The molecule has 0 spiro atoms. The molecule has 6 heteroatoms. The Morgan fingerprint density at radius 2 is 2.06 bits per heavy atom.